The SMILES string of the molecule is CCCCCCCCCCCCCCCCCCCCc1ccc([N+]#N)cc1.[Cl-]. The van der Waals surface area contributed by atoms with Gasteiger partial charge in [0.15, 0.2) is 4.98 Å². The Morgan fingerprint density at radius 3 is 1.24 bits per heavy atom. The van der Waals surface area contributed by atoms with E-state index in [9.17, 15) is 0 Å². The third kappa shape index (κ3) is 17.5. The Hall–Kier alpha value is -1.07. The first-order valence-corrected chi connectivity index (χ1v) is 12.3. The molecule has 0 heterocycles. The molecule has 0 amide bonds. The van der Waals surface area contributed by atoms with Crippen LogP contribution in [0.2, 0.25) is 0 Å². The topological polar surface area (TPSA) is 28.1 Å². The molecule has 0 unspecified atom stereocenters. The van der Waals surface area contributed by atoms with Gasteiger partial charge in [-0.15, -0.1) is 0 Å². The second kappa shape index (κ2) is 21.6. The van der Waals surface area contributed by atoms with Crippen molar-refractivity contribution in [1.29, 1.82) is 5.39 Å². The van der Waals surface area contributed by atoms with Gasteiger partial charge in [0.2, 0.25) is 5.39 Å². The molecule has 0 aliphatic carbocycles. The van der Waals surface area contributed by atoms with Gasteiger partial charge in [-0.25, -0.2) is 0 Å². The normalized spacial score (nSPS) is 10.5. The third-order valence-corrected chi connectivity index (χ3v) is 5.87. The first-order valence-electron chi connectivity index (χ1n) is 12.3. The molecule has 0 aromatic heterocycles. The molecule has 29 heavy (non-hydrogen) atoms. The van der Waals surface area contributed by atoms with E-state index < -0.39 is 0 Å². The number of hydrogen-bond acceptors (Lipinski definition) is 1. The van der Waals surface area contributed by atoms with Crippen molar-refractivity contribution in [1.82, 2.24) is 0 Å². The predicted octanol–water partition coefficient (Wildman–Crippen LogP) is 6.76. The zero-order valence-electron chi connectivity index (χ0n) is 19.0. The minimum Gasteiger partial charge on any atom is -1.00 e. The Kier molecular flexibility index (Phi) is 20.8. The van der Waals surface area contributed by atoms with Crippen molar-refractivity contribution in [2.24, 2.45) is 0 Å². The van der Waals surface area contributed by atoms with Crippen molar-refractivity contribution in [2.75, 3.05) is 0 Å². The zero-order valence-corrected chi connectivity index (χ0v) is 19.8. The van der Waals surface area contributed by atoms with Gasteiger partial charge in [0.05, 0.1) is 0 Å². The van der Waals surface area contributed by atoms with Crippen molar-refractivity contribution < 1.29 is 12.4 Å². The molecule has 0 N–H and O–H groups in total. The van der Waals surface area contributed by atoms with Crippen LogP contribution in [0.15, 0.2) is 24.3 Å². The summed E-state index contributed by atoms with van der Waals surface area (Å²) in [5.74, 6) is 0. The molecule has 0 saturated heterocycles. The van der Waals surface area contributed by atoms with Crippen molar-refractivity contribution in [3.05, 3.63) is 34.8 Å². The minimum atomic E-state index is 0. The largest absolute Gasteiger partial charge is 1.00 e. The molecular formula is C26H45ClN2. The highest BCUT2D eigenvalue weighted by Gasteiger charge is 2.02. The fraction of sp³-hybridized carbons (Fsp3) is 0.769. The number of diazo groups is 1. The van der Waals surface area contributed by atoms with Gasteiger partial charge in [0, 0.05) is 12.1 Å². The average Bonchev–Trinajstić information content (AvgIpc) is 2.73. The lowest BCUT2D eigenvalue weighted by Gasteiger charge is -2.04. The predicted molar refractivity (Wildman–Crippen MR) is 124 cm³/mol. The third-order valence-electron chi connectivity index (χ3n) is 5.87. The van der Waals surface area contributed by atoms with Crippen LogP contribution in [0.25, 0.3) is 4.98 Å². The molecule has 0 fully saturated rings. The van der Waals surface area contributed by atoms with Crippen LogP contribution in [0.1, 0.15) is 128 Å². The molecule has 0 saturated carbocycles. The lowest BCUT2D eigenvalue weighted by molar-refractivity contribution is -0.00000631. The van der Waals surface area contributed by atoms with E-state index >= 15 is 0 Å². The minimum absolute atomic E-state index is 0. The van der Waals surface area contributed by atoms with Gasteiger partial charge in [-0.3, -0.25) is 0 Å². The summed E-state index contributed by atoms with van der Waals surface area (Å²) in [5.41, 5.74) is 1.99. The lowest BCUT2D eigenvalue weighted by Crippen LogP contribution is -3.00. The molecule has 166 valence electrons. The molecule has 0 bridgehead atoms. The second-order valence-electron chi connectivity index (χ2n) is 8.53. The maximum Gasteiger partial charge on any atom is 0.385 e. The van der Waals surface area contributed by atoms with Gasteiger partial charge in [-0.1, -0.05) is 128 Å². The van der Waals surface area contributed by atoms with E-state index in [4.69, 9.17) is 5.39 Å². The van der Waals surface area contributed by atoms with Crippen LogP contribution < -0.4 is 12.4 Å². The zero-order chi connectivity index (χ0) is 20.1. The molecular weight excluding hydrogens is 376 g/mol. The first kappa shape index (κ1) is 27.9. The van der Waals surface area contributed by atoms with Crippen LogP contribution in [0, 0.1) is 5.39 Å². The van der Waals surface area contributed by atoms with Gasteiger partial charge in [-0.2, -0.15) is 0 Å². The number of nitrogens with zero attached hydrogens (tertiary/aromatic N) is 2. The van der Waals surface area contributed by atoms with Crippen molar-refractivity contribution >= 4 is 5.69 Å². The van der Waals surface area contributed by atoms with Crippen molar-refractivity contribution in [3.8, 4) is 0 Å². The van der Waals surface area contributed by atoms with Crippen LogP contribution in [-0.4, -0.2) is 0 Å². The highest BCUT2D eigenvalue weighted by Crippen LogP contribution is 2.16. The molecule has 1 aromatic carbocycles. The second-order valence-corrected chi connectivity index (χ2v) is 8.53. The molecule has 0 aliphatic rings. The van der Waals surface area contributed by atoms with Gasteiger partial charge >= 0.3 is 5.69 Å². The molecule has 2 nitrogen and oxygen atoms in total. The van der Waals surface area contributed by atoms with Crippen molar-refractivity contribution in [2.45, 2.75) is 129 Å². The number of unbranched alkanes of at least 4 members (excludes halogenated alkanes) is 17. The Morgan fingerprint density at radius 1 is 0.552 bits per heavy atom. The van der Waals surface area contributed by atoms with E-state index in [1.807, 2.05) is 12.1 Å². The smallest absolute Gasteiger partial charge is 0.385 e. The molecule has 0 atom stereocenters. The Labute approximate surface area is 187 Å². The summed E-state index contributed by atoms with van der Waals surface area (Å²) in [6.07, 6.45) is 26.8. The quantitative estimate of drug-likeness (QED) is 0.179. The summed E-state index contributed by atoms with van der Waals surface area (Å²) in [6, 6.07) is 7.90. The van der Waals surface area contributed by atoms with Crippen LogP contribution >= 0.6 is 0 Å². The van der Waals surface area contributed by atoms with E-state index in [0.29, 0.717) is 5.69 Å². The van der Waals surface area contributed by atoms with Gasteiger partial charge < -0.3 is 12.4 Å². The standard InChI is InChI=1S/C26H45N2.ClH/c1-2-3-4-5-6-7-8-9-10-11-12-13-14-15-16-17-18-19-20-25-21-23-26(28-27)24-22-25;/h21-24H,2-20H2,1H3;1H/q+1;/p-1. The number of halogens is 1. The maximum atomic E-state index is 8.69. The molecule has 0 spiro atoms. The molecule has 1 rings (SSSR count). The van der Waals surface area contributed by atoms with E-state index in [1.165, 1.54) is 121 Å². The van der Waals surface area contributed by atoms with Crippen LogP contribution in [0.3, 0.4) is 0 Å². The highest BCUT2D eigenvalue weighted by molar-refractivity contribution is 5.44. The Morgan fingerprint density at radius 2 is 0.897 bits per heavy atom. The molecule has 0 aliphatic heterocycles. The van der Waals surface area contributed by atoms with E-state index in [2.05, 4.69) is 24.0 Å². The summed E-state index contributed by atoms with van der Waals surface area (Å²) < 4.78 is 0. The summed E-state index contributed by atoms with van der Waals surface area (Å²) in [5, 5.41) is 8.69. The first-order chi connectivity index (χ1) is 13.9. The number of hydrogen-bond donors (Lipinski definition) is 0. The number of aryl methyl sites for hydroxylation is 1. The monoisotopic (exact) mass is 420 g/mol. The average molecular weight is 421 g/mol. The fourth-order valence-corrected chi connectivity index (χ4v) is 3.96. The summed E-state index contributed by atoms with van der Waals surface area (Å²) >= 11 is 0. The molecule has 3 heteroatoms. The van der Waals surface area contributed by atoms with Crippen molar-refractivity contribution in [3.63, 3.8) is 0 Å². The highest BCUT2D eigenvalue weighted by atomic mass is 35.5. The maximum absolute atomic E-state index is 8.69. The van der Waals surface area contributed by atoms with E-state index in [1.54, 1.807) is 0 Å². The number of benzene rings is 1. The van der Waals surface area contributed by atoms with Crippen LogP contribution in [0.5, 0.6) is 0 Å². The Bertz CT molecular complexity index is 492. The lowest BCUT2D eigenvalue weighted by atomic mass is 10.0. The van der Waals surface area contributed by atoms with E-state index in [0.717, 1.165) is 6.42 Å². The molecule has 0 radical (unpaired) electrons. The van der Waals surface area contributed by atoms with Gasteiger partial charge in [-0.05, 0) is 18.4 Å². The Balaban J connectivity index is 0.00000784. The van der Waals surface area contributed by atoms with Crippen LogP contribution in [-0.2, 0) is 6.42 Å². The molecule has 1 aromatic rings. The van der Waals surface area contributed by atoms with Crippen LogP contribution in [0.4, 0.5) is 5.69 Å². The fourth-order valence-electron chi connectivity index (χ4n) is 3.96. The van der Waals surface area contributed by atoms with Gasteiger partial charge in [0.1, 0.15) is 0 Å². The van der Waals surface area contributed by atoms with Gasteiger partial charge in [0.25, 0.3) is 0 Å². The number of rotatable bonds is 19. The summed E-state index contributed by atoms with van der Waals surface area (Å²) in [7, 11) is 0. The summed E-state index contributed by atoms with van der Waals surface area (Å²) in [6.45, 7) is 2.29. The summed E-state index contributed by atoms with van der Waals surface area (Å²) in [4.78, 5) is 3.20. The van der Waals surface area contributed by atoms with E-state index in [-0.39, 0.29) is 12.4 Å².